The molecular formula is C49H44Hf. The number of benzene rings is 6. The van der Waals surface area contributed by atoms with Crippen molar-refractivity contribution in [3.05, 3.63) is 201 Å². The SMILES string of the molecule is Cc1cccc(-c2cccc3c2C=C2[CH]3[Hf]([CH3])([CH3])[CH]3C(=Cc4c(-c5cccc(C)c5)cccc43)C2(Cc2ccccc2)Cc2ccccc2)c1. The molecule has 0 N–H and O–H groups in total. The molecule has 6 aromatic carbocycles. The van der Waals surface area contributed by atoms with Gasteiger partial charge in [0.25, 0.3) is 0 Å². The van der Waals surface area contributed by atoms with Crippen molar-refractivity contribution in [2.45, 2.75) is 43.4 Å². The number of rotatable bonds is 6. The van der Waals surface area contributed by atoms with Crippen LogP contribution in [0.3, 0.4) is 0 Å². The van der Waals surface area contributed by atoms with Gasteiger partial charge in [-0.2, -0.15) is 0 Å². The third kappa shape index (κ3) is 5.03. The predicted molar refractivity (Wildman–Crippen MR) is 209 cm³/mol. The molecule has 2 aliphatic carbocycles. The number of hydrogen-bond acceptors (Lipinski definition) is 0. The first-order valence-electron chi connectivity index (χ1n) is 18.3. The molecule has 9 rings (SSSR count). The molecule has 6 aromatic rings. The summed E-state index contributed by atoms with van der Waals surface area (Å²) in [6.45, 7) is 4.43. The predicted octanol–water partition coefficient (Wildman–Crippen LogP) is 12.9. The van der Waals surface area contributed by atoms with Crippen LogP contribution >= 0.6 is 0 Å². The van der Waals surface area contributed by atoms with E-state index in [0.717, 1.165) is 12.8 Å². The normalized spacial score (nSPS) is 19.1. The summed E-state index contributed by atoms with van der Waals surface area (Å²) in [6, 6.07) is 55.3. The number of aryl methyl sites for hydroxylation is 2. The Kier molecular flexibility index (Phi) is 7.70. The fraction of sp³-hybridized carbons (Fsp3) is 0.184. The van der Waals surface area contributed by atoms with E-state index in [2.05, 4.69) is 181 Å². The van der Waals surface area contributed by atoms with E-state index in [1.54, 1.807) is 22.3 Å². The van der Waals surface area contributed by atoms with Crippen LogP contribution in [0.25, 0.3) is 34.4 Å². The van der Waals surface area contributed by atoms with Crippen molar-refractivity contribution in [1.82, 2.24) is 0 Å². The summed E-state index contributed by atoms with van der Waals surface area (Å²) >= 11 is -3.30. The quantitative estimate of drug-likeness (QED) is 0.147. The zero-order valence-electron chi connectivity index (χ0n) is 29.6. The van der Waals surface area contributed by atoms with E-state index in [1.165, 1.54) is 55.6 Å². The van der Waals surface area contributed by atoms with Crippen molar-refractivity contribution in [3.8, 4) is 22.3 Å². The average Bonchev–Trinajstić information content (AvgIpc) is 3.74. The summed E-state index contributed by atoms with van der Waals surface area (Å²) in [7, 11) is 0. The van der Waals surface area contributed by atoms with Gasteiger partial charge in [0.2, 0.25) is 0 Å². The molecule has 1 fully saturated rings. The molecule has 0 nitrogen and oxygen atoms in total. The molecule has 0 bridgehead atoms. The second-order valence-corrected chi connectivity index (χ2v) is 32.9. The van der Waals surface area contributed by atoms with E-state index in [1.807, 2.05) is 0 Å². The third-order valence-electron chi connectivity index (χ3n) is 12.1. The van der Waals surface area contributed by atoms with Gasteiger partial charge in [0.15, 0.2) is 0 Å². The topological polar surface area (TPSA) is 0 Å². The van der Waals surface area contributed by atoms with Crippen molar-refractivity contribution >= 4 is 12.2 Å². The zero-order chi connectivity index (χ0) is 34.0. The minimum absolute atomic E-state index is 0.153. The maximum atomic E-state index is 2.78. The summed E-state index contributed by atoms with van der Waals surface area (Å²) < 4.78 is 6.57. The van der Waals surface area contributed by atoms with Crippen LogP contribution in [-0.4, -0.2) is 0 Å². The van der Waals surface area contributed by atoms with Crippen LogP contribution < -0.4 is 0 Å². The van der Waals surface area contributed by atoms with E-state index in [9.17, 15) is 0 Å². The van der Waals surface area contributed by atoms with Crippen LogP contribution in [0.5, 0.6) is 0 Å². The van der Waals surface area contributed by atoms with Crippen molar-refractivity contribution in [1.29, 1.82) is 0 Å². The Bertz CT molecular complexity index is 2160. The van der Waals surface area contributed by atoms with Gasteiger partial charge in [0.1, 0.15) is 0 Å². The molecule has 0 aromatic heterocycles. The zero-order valence-corrected chi connectivity index (χ0v) is 33.2. The molecule has 0 radical (unpaired) electrons. The monoisotopic (exact) mass is 812 g/mol. The van der Waals surface area contributed by atoms with Crippen molar-refractivity contribution in [2.75, 3.05) is 0 Å². The molecule has 0 saturated carbocycles. The van der Waals surface area contributed by atoms with Crippen molar-refractivity contribution < 1.29 is 20.0 Å². The summed E-state index contributed by atoms with van der Waals surface area (Å²) in [6.07, 6.45) is 7.40. The van der Waals surface area contributed by atoms with Crippen LogP contribution in [-0.2, 0) is 32.8 Å². The van der Waals surface area contributed by atoms with Gasteiger partial charge in [-0.25, -0.2) is 0 Å². The molecule has 0 amide bonds. The first kappa shape index (κ1) is 31.6. The number of fused-ring (bicyclic) bond motifs is 6. The first-order valence-corrected chi connectivity index (χ1v) is 29.6. The summed E-state index contributed by atoms with van der Waals surface area (Å²) in [5.41, 5.74) is 20.2. The van der Waals surface area contributed by atoms with Gasteiger partial charge in [0, 0.05) is 0 Å². The van der Waals surface area contributed by atoms with Gasteiger partial charge in [-0.15, -0.1) is 0 Å². The van der Waals surface area contributed by atoms with Crippen molar-refractivity contribution in [2.24, 2.45) is 5.41 Å². The fourth-order valence-corrected chi connectivity index (χ4v) is 27.2. The Labute approximate surface area is 302 Å². The maximum absolute atomic E-state index is 3.30. The van der Waals surface area contributed by atoms with Gasteiger partial charge in [-0.1, -0.05) is 0 Å². The Morgan fingerprint density at radius 3 is 1.32 bits per heavy atom. The molecule has 0 spiro atoms. The summed E-state index contributed by atoms with van der Waals surface area (Å²) in [4.78, 5) is 0. The van der Waals surface area contributed by atoms with Crippen LogP contribution in [0.1, 0.15) is 51.9 Å². The van der Waals surface area contributed by atoms with Gasteiger partial charge >= 0.3 is 304 Å². The van der Waals surface area contributed by atoms with Crippen LogP contribution in [0, 0.1) is 19.3 Å². The molecule has 244 valence electrons. The average molecular weight is 811 g/mol. The Morgan fingerprint density at radius 1 is 0.480 bits per heavy atom. The number of hydrogen-bond donors (Lipinski definition) is 0. The molecule has 1 saturated heterocycles. The van der Waals surface area contributed by atoms with Gasteiger partial charge < -0.3 is 0 Å². The Hall–Kier alpha value is -4.33. The standard InChI is InChI=1S/C47H38.2CH3.Hf/c1-33-13-9-19-37(25-33)43-23-11-21-39-27-41(29-45(39)43)47(31-35-15-5-3-6-16-35,32-36-17-7-4-8-18-36)42-28-40-22-12-24-44(46(40)30-42)38-20-10-14-34(2)26-38;;;/h3-30H,31-32H2,1-2H3;2*1H3;. The van der Waals surface area contributed by atoms with E-state index < -0.39 is 20.0 Å². The van der Waals surface area contributed by atoms with Gasteiger partial charge in [-0.05, 0) is 0 Å². The Morgan fingerprint density at radius 2 is 0.900 bits per heavy atom. The molecule has 1 aliphatic heterocycles. The van der Waals surface area contributed by atoms with E-state index in [4.69, 9.17) is 0 Å². The summed E-state index contributed by atoms with van der Waals surface area (Å²) in [5, 5.41) is 0. The molecule has 1 heterocycles. The van der Waals surface area contributed by atoms with Crippen LogP contribution in [0.2, 0.25) is 9.36 Å². The molecule has 2 atom stereocenters. The van der Waals surface area contributed by atoms with E-state index in [-0.39, 0.29) is 5.41 Å². The fourth-order valence-electron chi connectivity index (χ4n) is 10.1. The molecule has 1 heteroatoms. The van der Waals surface area contributed by atoms with Crippen LogP contribution in [0.4, 0.5) is 0 Å². The first-order chi connectivity index (χ1) is 24.3. The van der Waals surface area contributed by atoms with Crippen molar-refractivity contribution in [3.63, 3.8) is 0 Å². The second kappa shape index (κ2) is 12.2. The third-order valence-corrected chi connectivity index (χ3v) is 27.2. The Balaban J connectivity index is 1.35. The molecule has 3 aliphatic rings. The van der Waals surface area contributed by atoms with E-state index in [0.29, 0.717) is 7.35 Å². The minimum atomic E-state index is -3.30. The molecule has 50 heavy (non-hydrogen) atoms. The molecule has 2 unspecified atom stereocenters. The molecular weight excluding hydrogens is 767 g/mol. The van der Waals surface area contributed by atoms with E-state index >= 15 is 0 Å². The van der Waals surface area contributed by atoms with Gasteiger partial charge in [-0.3, -0.25) is 0 Å². The van der Waals surface area contributed by atoms with Gasteiger partial charge in [0.05, 0.1) is 0 Å². The second-order valence-electron chi connectivity index (χ2n) is 15.6. The number of allylic oxidation sites excluding steroid dienone is 2. The summed E-state index contributed by atoms with van der Waals surface area (Å²) in [5.74, 6) is 0. The van der Waals surface area contributed by atoms with Crippen LogP contribution in [0.15, 0.2) is 157 Å².